The lowest BCUT2D eigenvalue weighted by Crippen LogP contribution is -2.35. The Balaban J connectivity index is 1.70. The van der Waals surface area contributed by atoms with Gasteiger partial charge in [0.25, 0.3) is 5.92 Å². The second kappa shape index (κ2) is 6.40. The van der Waals surface area contributed by atoms with E-state index < -0.39 is 36.7 Å². The van der Waals surface area contributed by atoms with Gasteiger partial charge in [0.2, 0.25) is 5.91 Å². The van der Waals surface area contributed by atoms with Crippen LogP contribution in [0.5, 0.6) is 5.75 Å². The van der Waals surface area contributed by atoms with Gasteiger partial charge in [-0.05, 0) is 18.2 Å². The number of aromatic nitrogens is 1. The van der Waals surface area contributed by atoms with Crippen molar-refractivity contribution in [1.29, 1.82) is 0 Å². The van der Waals surface area contributed by atoms with Crippen LogP contribution in [-0.4, -0.2) is 36.5 Å². The van der Waals surface area contributed by atoms with Crippen molar-refractivity contribution in [2.45, 2.75) is 18.4 Å². The highest BCUT2D eigenvalue weighted by Gasteiger charge is 2.42. The SMILES string of the molecule is COc1ccc(-c2csc(NC(=O)C3CC(F)(F)CN3)n2)cc1F. The Morgan fingerprint density at radius 2 is 2.29 bits per heavy atom. The van der Waals surface area contributed by atoms with E-state index in [1.807, 2.05) is 0 Å². The predicted molar refractivity (Wildman–Crippen MR) is 84.0 cm³/mol. The summed E-state index contributed by atoms with van der Waals surface area (Å²) in [4.78, 5) is 16.2. The third kappa shape index (κ3) is 3.51. The van der Waals surface area contributed by atoms with Gasteiger partial charge in [0.05, 0.1) is 25.4 Å². The Morgan fingerprint density at radius 3 is 2.92 bits per heavy atom. The highest BCUT2D eigenvalue weighted by molar-refractivity contribution is 7.14. The van der Waals surface area contributed by atoms with Crippen LogP contribution >= 0.6 is 11.3 Å². The molecule has 1 fully saturated rings. The quantitative estimate of drug-likeness (QED) is 0.883. The molecule has 128 valence electrons. The van der Waals surface area contributed by atoms with Crippen molar-refractivity contribution in [3.8, 4) is 17.0 Å². The van der Waals surface area contributed by atoms with Gasteiger partial charge in [0.15, 0.2) is 16.7 Å². The zero-order chi connectivity index (χ0) is 17.3. The monoisotopic (exact) mass is 357 g/mol. The number of hydrogen-bond donors (Lipinski definition) is 2. The molecule has 2 aromatic rings. The number of halogens is 3. The van der Waals surface area contributed by atoms with Crippen molar-refractivity contribution < 1.29 is 22.7 Å². The van der Waals surface area contributed by atoms with Crippen molar-refractivity contribution in [1.82, 2.24) is 10.3 Å². The van der Waals surface area contributed by atoms with Gasteiger partial charge in [-0.1, -0.05) is 0 Å². The highest BCUT2D eigenvalue weighted by atomic mass is 32.1. The maximum Gasteiger partial charge on any atom is 0.262 e. The Hall–Kier alpha value is -2.13. The van der Waals surface area contributed by atoms with Crippen LogP contribution in [0, 0.1) is 5.82 Å². The van der Waals surface area contributed by atoms with Crippen LogP contribution in [-0.2, 0) is 4.79 Å². The average molecular weight is 357 g/mol. The molecule has 1 saturated heterocycles. The van der Waals surface area contributed by atoms with Gasteiger partial charge in [-0.25, -0.2) is 18.2 Å². The predicted octanol–water partition coefficient (Wildman–Crippen LogP) is 2.89. The lowest BCUT2D eigenvalue weighted by molar-refractivity contribution is -0.118. The van der Waals surface area contributed by atoms with Crippen LogP contribution in [0.1, 0.15) is 6.42 Å². The first-order chi connectivity index (χ1) is 11.4. The molecule has 9 heteroatoms. The highest BCUT2D eigenvalue weighted by Crippen LogP contribution is 2.29. The van der Waals surface area contributed by atoms with Crippen molar-refractivity contribution in [2.75, 3.05) is 19.0 Å². The van der Waals surface area contributed by atoms with E-state index in [0.717, 1.165) is 11.3 Å². The van der Waals surface area contributed by atoms with E-state index >= 15 is 0 Å². The summed E-state index contributed by atoms with van der Waals surface area (Å²) >= 11 is 1.14. The third-order valence-electron chi connectivity index (χ3n) is 3.61. The Kier molecular flexibility index (Phi) is 4.46. The van der Waals surface area contributed by atoms with Crippen molar-refractivity contribution in [3.63, 3.8) is 0 Å². The molecule has 1 aliphatic rings. The number of anilines is 1. The number of amides is 1. The minimum Gasteiger partial charge on any atom is -0.494 e. The zero-order valence-electron chi connectivity index (χ0n) is 12.6. The number of carbonyl (C=O) groups excluding carboxylic acids is 1. The number of ether oxygens (including phenoxy) is 1. The topological polar surface area (TPSA) is 63.2 Å². The molecule has 2 N–H and O–H groups in total. The summed E-state index contributed by atoms with van der Waals surface area (Å²) in [7, 11) is 1.37. The summed E-state index contributed by atoms with van der Waals surface area (Å²) in [6, 6.07) is 3.44. The smallest absolute Gasteiger partial charge is 0.262 e. The van der Waals surface area contributed by atoms with Crippen molar-refractivity contribution >= 4 is 22.4 Å². The van der Waals surface area contributed by atoms with Gasteiger partial charge in [-0.2, -0.15) is 0 Å². The second-order valence-electron chi connectivity index (χ2n) is 5.37. The number of nitrogens with zero attached hydrogens (tertiary/aromatic N) is 1. The fourth-order valence-electron chi connectivity index (χ4n) is 2.38. The Labute approximate surface area is 139 Å². The van der Waals surface area contributed by atoms with Crippen LogP contribution in [0.25, 0.3) is 11.3 Å². The van der Waals surface area contributed by atoms with E-state index in [-0.39, 0.29) is 10.9 Å². The molecule has 1 aromatic heterocycles. The van der Waals surface area contributed by atoms with Crippen molar-refractivity contribution in [2.24, 2.45) is 0 Å². The number of methoxy groups -OCH3 is 1. The normalized spacial score (nSPS) is 19.2. The third-order valence-corrected chi connectivity index (χ3v) is 4.37. The summed E-state index contributed by atoms with van der Waals surface area (Å²) in [5, 5.41) is 6.89. The first kappa shape index (κ1) is 16.7. The summed E-state index contributed by atoms with van der Waals surface area (Å²) in [5.74, 6) is -3.84. The molecule has 2 heterocycles. The second-order valence-corrected chi connectivity index (χ2v) is 6.23. The lowest BCUT2D eigenvalue weighted by Gasteiger charge is -2.09. The van der Waals surface area contributed by atoms with Crippen LogP contribution in [0.3, 0.4) is 0 Å². The number of benzene rings is 1. The number of nitrogens with one attached hydrogen (secondary N) is 2. The molecule has 1 aromatic carbocycles. The molecule has 0 radical (unpaired) electrons. The molecule has 1 atom stereocenters. The van der Waals surface area contributed by atoms with Crippen LogP contribution < -0.4 is 15.4 Å². The minimum atomic E-state index is -2.88. The van der Waals surface area contributed by atoms with Gasteiger partial charge in [-0.3, -0.25) is 10.1 Å². The molecule has 1 aliphatic heterocycles. The number of hydrogen-bond acceptors (Lipinski definition) is 5. The maximum absolute atomic E-state index is 13.7. The van der Waals surface area contributed by atoms with E-state index in [1.54, 1.807) is 11.4 Å². The first-order valence-corrected chi connectivity index (χ1v) is 7.97. The Morgan fingerprint density at radius 1 is 1.50 bits per heavy atom. The van der Waals surface area contributed by atoms with Gasteiger partial charge in [0, 0.05) is 17.4 Å². The standard InChI is InChI=1S/C15H14F3N3O2S/c1-23-12-3-2-8(4-9(12)16)11-6-24-14(20-11)21-13(22)10-5-15(17,18)7-19-10/h2-4,6,10,19H,5,7H2,1H3,(H,20,21,22). The van der Waals surface area contributed by atoms with E-state index in [9.17, 15) is 18.0 Å². The maximum atomic E-state index is 13.7. The van der Waals surface area contributed by atoms with Crippen LogP contribution in [0.15, 0.2) is 23.6 Å². The van der Waals surface area contributed by atoms with Gasteiger partial charge in [0.1, 0.15) is 0 Å². The summed E-state index contributed by atoms with van der Waals surface area (Å²) in [6.07, 6.45) is -0.541. The first-order valence-electron chi connectivity index (χ1n) is 7.09. The van der Waals surface area contributed by atoms with Crippen LogP contribution in [0.2, 0.25) is 0 Å². The summed E-state index contributed by atoms with van der Waals surface area (Å²) in [5.41, 5.74) is 0.997. The van der Waals surface area contributed by atoms with Crippen molar-refractivity contribution in [3.05, 3.63) is 29.4 Å². The fourth-order valence-corrected chi connectivity index (χ4v) is 3.11. The molecule has 24 heavy (non-hydrogen) atoms. The van der Waals surface area contributed by atoms with Gasteiger partial charge < -0.3 is 10.1 Å². The number of alkyl halides is 2. The lowest BCUT2D eigenvalue weighted by atomic mass is 10.1. The van der Waals surface area contributed by atoms with Gasteiger partial charge in [-0.15, -0.1) is 11.3 Å². The molecule has 0 bridgehead atoms. The average Bonchev–Trinajstić information content (AvgIpc) is 3.13. The molecule has 0 spiro atoms. The minimum absolute atomic E-state index is 0.121. The van der Waals surface area contributed by atoms with E-state index in [2.05, 4.69) is 15.6 Å². The Bertz CT molecular complexity index is 766. The molecule has 0 aliphatic carbocycles. The zero-order valence-corrected chi connectivity index (χ0v) is 13.4. The molecular formula is C15H14F3N3O2S. The summed E-state index contributed by atoms with van der Waals surface area (Å²) < 4.78 is 44.8. The fraction of sp³-hybridized carbons (Fsp3) is 0.333. The number of carbonyl (C=O) groups is 1. The number of thiazole rings is 1. The molecule has 1 unspecified atom stereocenters. The molecule has 0 saturated carbocycles. The molecular weight excluding hydrogens is 343 g/mol. The van der Waals surface area contributed by atoms with E-state index in [1.165, 1.54) is 19.2 Å². The molecule has 5 nitrogen and oxygen atoms in total. The van der Waals surface area contributed by atoms with E-state index in [4.69, 9.17) is 4.74 Å². The molecule has 1 amide bonds. The summed E-state index contributed by atoms with van der Waals surface area (Å²) in [6.45, 7) is -0.515. The van der Waals surface area contributed by atoms with E-state index in [0.29, 0.717) is 11.3 Å². The number of rotatable bonds is 4. The largest absolute Gasteiger partial charge is 0.494 e. The van der Waals surface area contributed by atoms with Crippen LogP contribution in [0.4, 0.5) is 18.3 Å². The molecule has 3 rings (SSSR count). The van der Waals surface area contributed by atoms with Gasteiger partial charge >= 0.3 is 0 Å².